The topological polar surface area (TPSA) is 170 Å². The molecule has 0 spiro atoms. The Bertz CT molecular complexity index is 1850. The maximum atomic E-state index is 15.9. The van der Waals surface area contributed by atoms with Crippen LogP contribution in [0.4, 0.5) is 14.5 Å². The minimum Gasteiger partial charge on any atom is -0.369 e. The molecule has 0 saturated carbocycles. The number of pyridine rings is 1. The molecular weight excluding hydrogens is 628 g/mol. The third-order valence-electron chi connectivity index (χ3n) is 8.68. The van der Waals surface area contributed by atoms with Crippen LogP contribution in [0.2, 0.25) is 0 Å². The smallest absolute Gasteiger partial charge is 0.274 e. The van der Waals surface area contributed by atoms with Crippen LogP contribution < -0.4 is 11.1 Å². The van der Waals surface area contributed by atoms with Crippen molar-refractivity contribution in [2.45, 2.75) is 67.5 Å². The van der Waals surface area contributed by atoms with Crippen molar-refractivity contribution < 1.29 is 30.4 Å². The van der Waals surface area contributed by atoms with E-state index < -0.39 is 58.9 Å². The highest BCUT2D eigenvalue weighted by Crippen LogP contribution is 2.53. The number of guanidine groups is 1. The van der Waals surface area contributed by atoms with Crippen molar-refractivity contribution in [1.82, 2.24) is 18.8 Å². The molecule has 0 bridgehead atoms. The zero-order chi connectivity index (χ0) is 33.5. The molecule has 0 saturated heterocycles. The number of sulfone groups is 1. The van der Waals surface area contributed by atoms with Crippen LogP contribution in [0.3, 0.4) is 0 Å². The third-order valence-corrected chi connectivity index (χ3v) is 13.6. The van der Waals surface area contributed by atoms with Crippen molar-refractivity contribution in [2.75, 3.05) is 12.4 Å². The van der Waals surface area contributed by atoms with Gasteiger partial charge in [0.25, 0.3) is 5.91 Å². The number of nitrogens with zero attached hydrogens (tertiary/aromatic N) is 5. The predicted octanol–water partition coefficient (Wildman–Crippen LogP) is 3.58. The fraction of sp³-hybridized carbons (Fsp3) is 0.448. The highest BCUT2D eigenvalue weighted by Gasteiger charge is 2.63. The summed E-state index contributed by atoms with van der Waals surface area (Å²) in [5.41, 5.74) is 4.08. The molecule has 244 valence electrons. The van der Waals surface area contributed by atoms with E-state index in [1.54, 1.807) is 20.9 Å². The second kappa shape index (κ2) is 12.1. The fourth-order valence-corrected chi connectivity index (χ4v) is 9.93. The summed E-state index contributed by atoms with van der Waals surface area (Å²) in [6, 6.07) is 5.87. The summed E-state index contributed by atoms with van der Waals surface area (Å²) >= 11 is 0. The van der Waals surface area contributed by atoms with Gasteiger partial charge in [-0.2, -0.15) is 0 Å². The number of imidazole rings is 1. The summed E-state index contributed by atoms with van der Waals surface area (Å²) in [5, 5.41) is 1.36. The average Bonchev–Trinajstić information content (AvgIpc) is 3.43. The lowest BCUT2D eigenvalue weighted by molar-refractivity contribution is 0.102. The molecule has 12 nitrogen and oxygen atoms in total. The maximum absolute atomic E-state index is 15.9. The monoisotopic (exact) mass is 665 g/mol. The van der Waals surface area contributed by atoms with Crippen molar-refractivity contribution in [2.24, 2.45) is 23.7 Å². The Morgan fingerprint density at radius 2 is 1.82 bits per heavy atom. The molecule has 16 heteroatoms. The summed E-state index contributed by atoms with van der Waals surface area (Å²) in [6.07, 6.45) is 3.67. The number of aromatic nitrogens is 3. The number of amides is 1. The number of nitrogens with one attached hydrogen (secondary N) is 1. The van der Waals surface area contributed by atoms with Crippen molar-refractivity contribution in [1.29, 1.82) is 0 Å². The van der Waals surface area contributed by atoms with Gasteiger partial charge in [-0.15, -0.1) is 0 Å². The number of halogens is 2. The highest BCUT2D eigenvalue weighted by molar-refractivity contribution is 7.92. The van der Waals surface area contributed by atoms with Gasteiger partial charge in [-0.3, -0.25) is 4.79 Å². The van der Waals surface area contributed by atoms with Crippen LogP contribution in [0.15, 0.2) is 59.1 Å². The lowest BCUT2D eigenvalue weighted by Crippen LogP contribution is -2.65. The molecule has 1 amide bonds. The van der Waals surface area contributed by atoms with Crippen molar-refractivity contribution in [3.05, 3.63) is 71.9 Å². The second-order valence-corrected chi connectivity index (χ2v) is 16.1. The molecule has 3 aromatic rings. The Balaban J connectivity index is 1.86. The van der Waals surface area contributed by atoms with Crippen molar-refractivity contribution in [3.8, 4) is 0 Å². The number of aryl methyl sites for hydroxylation is 1. The summed E-state index contributed by atoms with van der Waals surface area (Å²) in [7, 11) is -5.50. The first-order valence-electron chi connectivity index (χ1n) is 14.2. The molecule has 1 aliphatic rings. The summed E-state index contributed by atoms with van der Waals surface area (Å²) in [5.74, 6) is -3.31. The van der Waals surface area contributed by atoms with Gasteiger partial charge in [-0.25, -0.2) is 44.9 Å². The fourth-order valence-electron chi connectivity index (χ4n) is 5.93. The Morgan fingerprint density at radius 3 is 2.40 bits per heavy atom. The first-order chi connectivity index (χ1) is 20.9. The molecule has 2 aromatic heterocycles. The third kappa shape index (κ3) is 5.80. The van der Waals surface area contributed by atoms with Gasteiger partial charge in [-0.1, -0.05) is 20.3 Å². The van der Waals surface area contributed by atoms with E-state index in [2.05, 4.69) is 20.3 Å². The van der Waals surface area contributed by atoms with Gasteiger partial charge >= 0.3 is 0 Å². The number of sulfonamides is 1. The molecule has 1 aliphatic heterocycles. The lowest BCUT2D eigenvalue weighted by Gasteiger charge is -2.52. The van der Waals surface area contributed by atoms with Crippen LogP contribution in [0.25, 0.3) is 0 Å². The standard InChI is InChI=1S/C29H37F2N7O5S2/c1-7-12-29(14-18(2)19(3)44(40,41)25-16-37(5)17-34-25)28(4,36-27(32)38(6)45(29,42)43)22-13-21(9-10-23(22)31)35-26(39)24-11-8-20(30)15-33-24/h8-11,13,15-19H,7,12,14H2,1-6H3,(H2,32,36)(H,35,39). The van der Waals surface area contributed by atoms with E-state index >= 15 is 4.39 Å². The number of benzene rings is 1. The van der Waals surface area contributed by atoms with Crippen LogP contribution >= 0.6 is 0 Å². The predicted molar refractivity (Wildman–Crippen MR) is 165 cm³/mol. The van der Waals surface area contributed by atoms with Gasteiger partial charge in [0.05, 0.1) is 17.8 Å². The van der Waals surface area contributed by atoms with Crippen LogP contribution in [-0.4, -0.2) is 64.6 Å². The Morgan fingerprint density at radius 1 is 1.13 bits per heavy atom. The van der Waals surface area contributed by atoms with Gasteiger partial charge in [0.2, 0.25) is 16.0 Å². The molecule has 0 radical (unpaired) electrons. The normalized spacial score (nSPS) is 22.8. The SMILES string of the molecule is CCCC1(CC(C)C(C)S(=O)(=O)c2cn(C)cn2)C(C)(c2cc(NC(=O)c3ccc(F)cn3)ccc2F)N=C(N)N(C)S1(=O)=O. The average molecular weight is 666 g/mol. The Hall–Kier alpha value is -3.92. The van der Waals surface area contributed by atoms with E-state index in [0.29, 0.717) is 6.42 Å². The van der Waals surface area contributed by atoms with Crippen molar-refractivity contribution >= 4 is 37.4 Å². The molecule has 0 fully saturated rings. The molecule has 0 aliphatic carbocycles. The van der Waals surface area contributed by atoms with E-state index in [1.807, 2.05) is 0 Å². The zero-order valence-corrected chi connectivity index (χ0v) is 27.5. The zero-order valence-electron chi connectivity index (χ0n) is 25.8. The van der Waals surface area contributed by atoms with Gasteiger partial charge in [0.15, 0.2) is 14.9 Å². The number of anilines is 1. The van der Waals surface area contributed by atoms with E-state index in [0.717, 1.165) is 22.6 Å². The number of nitrogens with two attached hydrogens (primary N) is 1. The number of hydrogen-bond acceptors (Lipinski definition) is 9. The van der Waals surface area contributed by atoms with E-state index in [1.165, 1.54) is 56.2 Å². The molecule has 4 atom stereocenters. The quantitative estimate of drug-likeness (QED) is 0.331. The van der Waals surface area contributed by atoms with E-state index in [4.69, 9.17) is 5.73 Å². The van der Waals surface area contributed by atoms with Crippen LogP contribution in [0.1, 0.15) is 63.0 Å². The molecule has 3 heterocycles. The molecule has 3 N–H and O–H groups in total. The van der Waals surface area contributed by atoms with Gasteiger partial charge < -0.3 is 15.6 Å². The molecular formula is C29H37F2N7O5S2. The minimum absolute atomic E-state index is 0.0246. The molecule has 4 rings (SSSR count). The number of rotatable bonds is 10. The first kappa shape index (κ1) is 34.0. The van der Waals surface area contributed by atoms with Crippen LogP contribution in [0, 0.1) is 17.6 Å². The first-order valence-corrected chi connectivity index (χ1v) is 17.2. The van der Waals surface area contributed by atoms with Crippen LogP contribution in [-0.2, 0) is 32.4 Å². The number of carbonyl (C=O) groups is 1. The van der Waals surface area contributed by atoms with Gasteiger partial charge in [0, 0.05) is 31.5 Å². The number of hydrogen-bond donors (Lipinski definition) is 2. The molecule has 4 unspecified atom stereocenters. The second-order valence-electron chi connectivity index (χ2n) is 11.6. The highest BCUT2D eigenvalue weighted by atomic mass is 32.2. The van der Waals surface area contributed by atoms with Gasteiger partial charge in [-0.05, 0) is 62.9 Å². The molecule has 1 aromatic carbocycles. The largest absolute Gasteiger partial charge is 0.369 e. The Kier molecular flexibility index (Phi) is 9.14. The summed E-state index contributed by atoms with van der Waals surface area (Å²) in [4.78, 5) is 25.2. The van der Waals surface area contributed by atoms with E-state index in [9.17, 15) is 26.0 Å². The van der Waals surface area contributed by atoms with Crippen LogP contribution in [0.5, 0.6) is 0 Å². The lowest BCUT2D eigenvalue weighted by atomic mass is 9.72. The van der Waals surface area contributed by atoms with Crippen molar-refractivity contribution in [3.63, 3.8) is 0 Å². The van der Waals surface area contributed by atoms with Gasteiger partial charge in [0.1, 0.15) is 27.6 Å². The van der Waals surface area contributed by atoms with E-state index in [-0.39, 0.29) is 40.8 Å². The number of carbonyl (C=O) groups excluding carboxylic acids is 1. The minimum atomic E-state index is -4.40. The molecule has 45 heavy (non-hydrogen) atoms. The maximum Gasteiger partial charge on any atom is 0.274 e. The Labute approximate surface area is 261 Å². The summed E-state index contributed by atoms with van der Waals surface area (Å²) in [6.45, 7) is 6.34. The number of aliphatic imine (C=N–C) groups is 1. The summed E-state index contributed by atoms with van der Waals surface area (Å²) < 4.78 is 85.7.